The van der Waals surface area contributed by atoms with E-state index in [1.165, 1.54) is 16.1 Å². The number of thioether (sulfide) groups is 1. The fourth-order valence-corrected chi connectivity index (χ4v) is 5.28. The summed E-state index contributed by atoms with van der Waals surface area (Å²) in [6, 6.07) is 7.15. The van der Waals surface area contributed by atoms with E-state index in [0.29, 0.717) is 35.2 Å². The molecular weight excluding hydrogens is 410 g/mol. The number of anilines is 1. The highest BCUT2D eigenvalue weighted by molar-refractivity contribution is 7.99. The summed E-state index contributed by atoms with van der Waals surface area (Å²) in [6.45, 7) is 5.89. The van der Waals surface area contributed by atoms with E-state index in [-0.39, 0.29) is 17.3 Å². The van der Waals surface area contributed by atoms with Crippen LogP contribution in [0, 0.1) is 13.8 Å². The monoisotopic (exact) mass is 431 g/mol. The maximum atomic E-state index is 12.7. The van der Waals surface area contributed by atoms with Crippen LogP contribution in [-0.4, -0.2) is 51.8 Å². The topological polar surface area (TPSA) is 97.5 Å². The Labute approximate surface area is 173 Å². The number of hydrogen-bond donors (Lipinski definition) is 0. The molecule has 2 aromatic heterocycles. The average molecular weight is 432 g/mol. The molecule has 152 valence electrons. The molecule has 3 heterocycles. The molecule has 0 saturated heterocycles. The lowest BCUT2D eigenvalue weighted by Crippen LogP contribution is -2.30. The lowest BCUT2D eigenvalue weighted by atomic mass is 10.1. The van der Waals surface area contributed by atoms with Gasteiger partial charge >= 0.3 is 0 Å². The number of rotatable bonds is 6. The van der Waals surface area contributed by atoms with Gasteiger partial charge in [-0.15, -0.1) is 5.10 Å². The summed E-state index contributed by atoms with van der Waals surface area (Å²) in [5, 5.41) is 4.90. The van der Waals surface area contributed by atoms with Crippen molar-refractivity contribution in [3.05, 3.63) is 46.8 Å². The van der Waals surface area contributed by atoms with E-state index in [0.717, 1.165) is 17.0 Å². The van der Waals surface area contributed by atoms with E-state index in [2.05, 4.69) is 15.1 Å². The maximum Gasteiger partial charge on any atom is 0.253 e. The first-order chi connectivity index (χ1) is 13.8. The van der Waals surface area contributed by atoms with Gasteiger partial charge in [0, 0.05) is 23.5 Å². The second-order valence-corrected chi connectivity index (χ2v) is 10.0. The van der Waals surface area contributed by atoms with Crippen LogP contribution in [0.1, 0.15) is 34.2 Å². The lowest BCUT2D eigenvalue weighted by molar-refractivity contribution is 0.102. The van der Waals surface area contributed by atoms with Crippen molar-refractivity contribution in [1.82, 2.24) is 19.6 Å². The van der Waals surface area contributed by atoms with Crippen LogP contribution < -0.4 is 4.31 Å². The van der Waals surface area contributed by atoms with Gasteiger partial charge in [0.25, 0.3) is 5.78 Å². The maximum absolute atomic E-state index is 12.7. The van der Waals surface area contributed by atoms with Gasteiger partial charge in [-0.3, -0.25) is 9.10 Å². The molecular formula is C19H21N5O3S2. The fourth-order valence-electron chi connectivity index (χ4n) is 3.41. The number of carbonyl (C=O) groups is 1. The molecule has 0 amide bonds. The van der Waals surface area contributed by atoms with Crippen molar-refractivity contribution in [3.63, 3.8) is 0 Å². The molecule has 0 fully saturated rings. The molecule has 0 bridgehead atoms. The molecule has 1 aliphatic rings. The number of Topliss-reactive ketones (excluding diaryl/α,β-unsaturated/α-hetero) is 1. The zero-order valence-electron chi connectivity index (χ0n) is 16.4. The van der Waals surface area contributed by atoms with Crippen LogP contribution in [0.2, 0.25) is 0 Å². The Bertz CT molecular complexity index is 1220. The number of sulfonamides is 1. The first-order valence-electron chi connectivity index (χ1n) is 9.29. The van der Waals surface area contributed by atoms with Crippen LogP contribution in [0.4, 0.5) is 5.69 Å². The molecule has 29 heavy (non-hydrogen) atoms. The van der Waals surface area contributed by atoms with Crippen LogP contribution >= 0.6 is 11.8 Å². The molecule has 0 unspecified atom stereocenters. The van der Waals surface area contributed by atoms with E-state index in [4.69, 9.17) is 0 Å². The minimum atomic E-state index is -3.29. The number of aromatic nitrogens is 4. The summed E-state index contributed by atoms with van der Waals surface area (Å²) < 4.78 is 27.5. The summed E-state index contributed by atoms with van der Waals surface area (Å²) >= 11 is 1.27. The van der Waals surface area contributed by atoms with Gasteiger partial charge < -0.3 is 0 Å². The Balaban J connectivity index is 1.49. The highest BCUT2D eigenvalue weighted by Crippen LogP contribution is 2.31. The minimum absolute atomic E-state index is 0.0469. The van der Waals surface area contributed by atoms with Crippen molar-refractivity contribution >= 4 is 39.0 Å². The number of benzene rings is 1. The molecule has 0 radical (unpaired) electrons. The molecule has 1 aliphatic heterocycles. The Morgan fingerprint density at radius 3 is 2.76 bits per heavy atom. The number of carbonyl (C=O) groups excluding carboxylic acids is 1. The Kier molecular flexibility index (Phi) is 5.07. The van der Waals surface area contributed by atoms with Gasteiger partial charge in [0.1, 0.15) is 0 Å². The molecule has 10 heteroatoms. The highest BCUT2D eigenvalue weighted by atomic mass is 32.2. The van der Waals surface area contributed by atoms with Gasteiger partial charge in [0.15, 0.2) is 5.78 Å². The van der Waals surface area contributed by atoms with Crippen molar-refractivity contribution in [1.29, 1.82) is 0 Å². The third kappa shape index (κ3) is 3.74. The second kappa shape index (κ2) is 7.42. The van der Waals surface area contributed by atoms with Gasteiger partial charge in [-0.25, -0.2) is 17.9 Å². The summed E-state index contributed by atoms with van der Waals surface area (Å²) in [7, 11) is -3.29. The summed E-state index contributed by atoms with van der Waals surface area (Å²) in [5.41, 5.74) is 3.94. The van der Waals surface area contributed by atoms with Crippen LogP contribution in [-0.2, 0) is 16.4 Å². The minimum Gasteiger partial charge on any atom is -0.293 e. The zero-order chi connectivity index (χ0) is 20.8. The van der Waals surface area contributed by atoms with Gasteiger partial charge in [-0.1, -0.05) is 11.8 Å². The van der Waals surface area contributed by atoms with Crippen LogP contribution in [0.25, 0.3) is 5.78 Å². The lowest BCUT2D eigenvalue weighted by Gasteiger charge is -2.18. The number of ketones is 1. The second-order valence-electron chi connectivity index (χ2n) is 6.92. The van der Waals surface area contributed by atoms with E-state index in [1.54, 1.807) is 29.6 Å². The molecule has 1 aromatic carbocycles. The van der Waals surface area contributed by atoms with Crippen molar-refractivity contribution in [2.45, 2.75) is 32.3 Å². The van der Waals surface area contributed by atoms with Gasteiger partial charge in [0.2, 0.25) is 15.2 Å². The molecule has 0 spiro atoms. The van der Waals surface area contributed by atoms with Crippen molar-refractivity contribution in [2.24, 2.45) is 0 Å². The Morgan fingerprint density at radius 2 is 2.00 bits per heavy atom. The van der Waals surface area contributed by atoms with E-state index in [1.807, 2.05) is 19.9 Å². The third-order valence-electron chi connectivity index (χ3n) is 4.89. The number of nitrogens with zero attached hydrogens (tertiary/aromatic N) is 5. The van der Waals surface area contributed by atoms with Crippen LogP contribution in [0.5, 0.6) is 0 Å². The van der Waals surface area contributed by atoms with Crippen molar-refractivity contribution in [3.8, 4) is 0 Å². The molecule has 4 rings (SSSR count). The smallest absolute Gasteiger partial charge is 0.253 e. The average Bonchev–Trinajstić information content (AvgIpc) is 3.29. The highest BCUT2D eigenvalue weighted by Gasteiger charge is 2.28. The van der Waals surface area contributed by atoms with Crippen molar-refractivity contribution < 1.29 is 13.2 Å². The van der Waals surface area contributed by atoms with Gasteiger partial charge in [-0.05, 0) is 57.0 Å². The van der Waals surface area contributed by atoms with Crippen LogP contribution in [0.3, 0.4) is 0 Å². The molecule has 0 atom stereocenters. The summed E-state index contributed by atoms with van der Waals surface area (Å²) in [4.78, 5) is 21.4. The van der Waals surface area contributed by atoms with Gasteiger partial charge in [0.05, 0.1) is 17.2 Å². The number of aryl methyl sites for hydroxylation is 2. The first kappa shape index (κ1) is 19.8. The predicted molar refractivity (Wildman–Crippen MR) is 112 cm³/mol. The quantitative estimate of drug-likeness (QED) is 0.437. The Morgan fingerprint density at radius 1 is 1.21 bits per heavy atom. The molecule has 0 saturated carbocycles. The van der Waals surface area contributed by atoms with E-state index >= 15 is 0 Å². The standard InChI is InChI=1S/C19H21N5O3S2/c1-4-29(26,27)23-8-7-14-10-15(5-6-16(14)23)17(25)11-28-19-21-18-20-12(2)9-13(3)24(18)22-19/h5-6,9-10H,4,7-8,11H2,1-3H3. The number of fused-ring (bicyclic) bond motifs is 2. The largest absolute Gasteiger partial charge is 0.293 e. The molecule has 8 nitrogen and oxygen atoms in total. The van der Waals surface area contributed by atoms with Crippen molar-refractivity contribution in [2.75, 3.05) is 22.4 Å². The normalized spacial score (nSPS) is 13.8. The SMILES string of the molecule is CCS(=O)(=O)N1CCc2cc(C(=O)CSc3nc4nc(C)cc(C)n4n3)ccc21. The van der Waals surface area contributed by atoms with Crippen LogP contribution in [0.15, 0.2) is 29.4 Å². The summed E-state index contributed by atoms with van der Waals surface area (Å²) in [6.07, 6.45) is 0.612. The first-order valence-corrected chi connectivity index (χ1v) is 11.9. The fraction of sp³-hybridized carbons (Fsp3) is 0.368. The van der Waals surface area contributed by atoms with Gasteiger partial charge in [-0.2, -0.15) is 4.98 Å². The zero-order valence-corrected chi connectivity index (χ0v) is 18.0. The van der Waals surface area contributed by atoms with E-state index < -0.39 is 10.0 Å². The molecule has 3 aromatic rings. The third-order valence-corrected chi connectivity index (χ3v) is 7.50. The van der Waals surface area contributed by atoms with E-state index in [9.17, 15) is 13.2 Å². The molecule has 0 aliphatic carbocycles. The number of hydrogen-bond acceptors (Lipinski definition) is 7. The predicted octanol–water partition coefficient (Wildman–Crippen LogP) is 2.43. The Hall–Kier alpha value is -2.46. The summed E-state index contributed by atoms with van der Waals surface area (Å²) in [5.74, 6) is 0.732. The molecule has 0 N–H and O–H groups in total.